The van der Waals surface area contributed by atoms with Crippen LogP contribution in [0.3, 0.4) is 0 Å². The molecule has 0 radical (unpaired) electrons. The van der Waals surface area contributed by atoms with Gasteiger partial charge in [-0.3, -0.25) is 0 Å². The van der Waals surface area contributed by atoms with Crippen molar-refractivity contribution in [2.75, 3.05) is 24.4 Å². The first-order valence-electron chi connectivity index (χ1n) is 3.23. The van der Waals surface area contributed by atoms with E-state index in [1.807, 2.05) is 6.26 Å². The Balaban J connectivity index is 3.24. The molecule has 3 N–H and O–H groups in total. The SMILES string of the molecule is CNc1c(Cl)nc(N)nc1SC. The largest absolute Gasteiger partial charge is 0.383 e. The second-order valence-electron chi connectivity index (χ2n) is 2.01. The number of nitrogens with one attached hydrogen (secondary N) is 1. The molecule has 6 heteroatoms. The summed E-state index contributed by atoms with van der Waals surface area (Å²) in [5.41, 5.74) is 6.13. The van der Waals surface area contributed by atoms with Gasteiger partial charge in [0, 0.05) is 7.05 Å². The second kappa shape index (κ2) is 3.82. The van der Waals surface area contributed by atoms with E-state index in [4.69, 9.17) is 17.3 Å². The van der Waals surface area contributed by atoms with Crippen LogP contribution in [0, 0.1) is 0 Å². The fourth-order valence-electron chi connectivity index (χ4n) is 0.787. The summed E-state index contributed by atoms with van der Waals surface area (Å²) in [4.78, 5) is 7.82. The van der Waals surface area contributed by atoms with E-state index in [-0.39, 0.29) is 5.95 Å². The van der Waals surface area contributed by atoms with Crippen LogP contribution in [-0.4, -0.2) is 23.3 Å². The number of rotatable bonds is 2. The fraction of sp³-hybridized carbons (Fsp3) is 0.333. The van der Waals surface area contributed by atoms with Gasteiger partial charge in [-0.25, -0.2) is 4.98 Å². The Bertz CT molecular complexity index is 291. The van der Waals surface area contributed by atoms with E-state index >= 15 is 0 Å². The monoisotopic (exact) mass is 204 g/mol. The van der Waals surface area contributed by atoms with Gasteiger partial charge in [0.25, 0.3) is 0 Å². The summed E-state index contributed by atoms with van der Waals surface area (Å²) in [6.07, 6.45) is 1.90. The molecule has 0 aliphatic heterocycles. The molecule has 1 rings (SSSR count). The molecule has 0 unspecified atom stereocenters. The number of nitrogens with zero attached hydrogens (tertiary/aromatic N) is 2. The molecule has 0 aliphatic rings. The van der Waals surface area contributed by atoms with E-state index in [0.29, 0.717) is 5.15 Å². The first-order chi connectivity index (χ1) is 5.69. The van der Waals surface area contributed by atoms with Crippen molar-refractivity contribution in [1.29, 1.82) is 0 Å². The highest BCUT2D eigenvalue weighted by Crippen LogP contribution is 2.29. The predicted octanol–water partition coefficient (Wildman–Crippen LogP) is 1.48. The van der Waals surface area contributed by atoms with E-state index in [0.717, 1.165) is 10.7 Å². The van der Waals surface area contributed by atoms with Crippen molar-refractivity contribution in [3.05, 3.63) is 5.15 Å². The van der Waals surface area contributed by atoms with Crippen molar-refractivity contribution < 1.29 is 0 Å². The van der Waals surface area contributed by atoms with Gasteiger partial charge in [0.1, 0.15) is 10.7 Å². The number of aromatic nitrogens is 2. The number of anilines is 2. The van der Waals surface area contributed by atoms with Crippen LogP contribution in [0.15, 0.2) is 5.03 Å². The topological polar surface area (TPSA) is 63.8 Å². The van der Waals surface area contributed by atoms with E-state index in [9.17, 15) is 0 Å². The Labute approximate surface area is 79.9 Å². The van der Waals surface area contributed by atoms with Crippen LogP contribution in [0.4, 0.5) is 11.6 Å². The van der Waals surface area contributed by atoms with Gasteiger partial charge in [0.15, 0.2) is 5.15 Å². The maximum absolute atomic E-state index is 5.81. The van der Waals surface area contributed by atoms with Gasteiger partial charge in [-0.05, 0) is 6.26 Å². The van der Waals surface area contributed by atoms with Crippen molar-refractivity contribution in [3.63, 3.8) is 0 Å². The summed E-state index contributed by atoms with van der Waals surface area (Å²) < 4.78 is 0. The third-order valence-corrected chi connectivity index (χ3v) is 2.25. The first-order valence-corrected chi connectivity index (χ1v) is 4.84. The van der Waals surface area contributed by atoms with Gasteiger partial charge in [-0.1, -0.05) is 11.6 Å². The molecule has 0 aromatic carbocycles. The zero-order valence-electron chi connectivity index (χ0n) is 6.76. The van der Waals surface area contributed by atoms with Crippen LogP contribution in [0.2, 0.25) is 5.15 Å². The third-order valence-electron chi connectivity index (χ3n) is 1.29. The molecule has 4 nitrogen and oxygen atoms in total. The standard InChI is InChI=1S/C6H9ClN4S/c1-9-3-4(7)10-6(8)11-5(3)12-2/h9H,1-2H3,(H2,8,10,11). The maximum atomic E-state index is 5.81. The minimum absolute atomic E-state index is 0.198. The van der Waals surface area contributed by atoms with Crippen LogP contribution in [0.25, 0.3) is 0 Å². The summed E-state index contributed by atoms with van der Waals surface area (Å²) >= 11 is 7.28. The molecule has 66 valence electrons. The lowest BCUT2D eigenvalue weighted by Crippen LogP contribution is -2.01. The third kappa shape index (κ3) is 1.73. The summed E-state index contributed by atoms with van der Waals surface area (Å²) in [6.45, 7) is 0. The van der Waals surface area contributed by atoms with Crippen molar-refractivity contribution in [3.8, 4) is 0 Å². The lowest BCUT2D eigenvalue weighted by atomic mass is 10.5. The lowest BCUT2D eigenvalue weighted by Gasteiger charge is -2.07. The number of hydrogen-bond donors (Lipinski definition) is 2. The Kier molecular flexibility index (Phi) is 2.99. The highest BCUT2D eigenvalue weighted by atomic mass is 35.5. The number of halogens is 1. The molecule has 0 bridgehead atoms. The Hall–Kier alpha value is -0.680. The van der Waals surface area contributed by atoms with E-state index in [2.05, 4.69) is 15.3 Å². The van der Waals surface area contributed by atoms with Gasteiger partial charge < -0.3 is 11.1 Å². The molecule has 1 heterocycles. The average molecular weight is 205 g/mol. The summed E-state index contributed by atoms with van der Waals surface area (Å²) in [7, 11) is 1.76. The normalized spacial score (nSPS) is 9.92. The van der Waals surface area contributed by atoms with Gasteiger partial charge in [0.05, 0.1) is 0 Å². The van der Waals surface area contributed by atoms with Crippen molar-refractivity contribution in [2.24, 2.45) is 0 Å². The van der Waals surface area contributed by atoms with E-state index in [1.54, 1.807) is 7.05 Å². The lowest BCUT2D eigenvalue weighted by molar-refractivity contribution is 1.07. The Morgan fingerprint density at radius 3 is 2.67 bits per heavy atom. The molecule has 0 saturated heterocycles. The molecular weight excluding hydrogens is 196 g/mol. The van der Waals surface area contributed by atoms with Crippen molar-refractivity contribution >= 4 is 35.0 Å². The number of nitrogens with two attached hydrogens (primary N) is 1. The fourth-order valence-corrected chi connectivity index (χ4v) is 1.70. The smallest absolute Gasteiger partial charge is 0.222 e. The van der Waals surface area contributed by atoms with Crippen LogP contribution in [0.5, 0.6) is 0 Å². The molecule has 0 fully saturated rings. The molecule has 0 spiro atoms. The molecule has 12 heavy (non-hydrogen) atoms. The Morgan fingerprint density at radius 1 is 1.50 bits per heavy atom. The molecule has 0 aliphatic carbocycles. The van der Waals surface area contributed by atoms with Gasteiger partial charge in [0.2, 0.25) is 5.95 Å². The molecule has 0 atom stereocenters. The van der Waals surface area contributed by atoms with E-state index < -0.39 is 0 Å². The predicted molar refractivity (Wildman–Crippen MR) is 52.8 cm³/mol. The summed E-state index contributed by atoms with van der Waals surface area (Å²) in [5.74, 6) is 0.198. The van der Waals surface area contributed by atoms with Gasteiger partial charge >= 0.3 is 0 Å². The zero-order chi connectivity index (χ0) is 9.14. The molecule has 1 aromatic heterocycles. The molecule has 0 amide bonds. The second-order valence-corrected chi connectivity index (χ2v) is 3.16. The quantitative estimate of drug-likeness (QED) is 0.565. The molecular formula is C6H9ClN4S. The number of hydrogen-bond acceptors (Lipinski definition) is 5. The highest BCUT2D eigenvalue weighted by molar-refractivity contribution is 7.98. The Morgan fingerprint density at radius 2 is 2.17 bits per heavy atom. The minimum Gasteiger partial charge on any atom is -0.383 e. The maximum Gasteiger partial charge on any atom is 0.222 e. The first kappa shape index (κ1) is 9.41. The average Bonchev–Trinajstić information content (AvgIpc) is 2.03. The zero-order valence-corrected chi connectivity index (χ0v) is 8.33. The van der Waals surface area contributed by atoms with Crippen LogP contribution >= 0.6 is 23.4 Å². The minimum atomic E-state index is 0.198. The summed E-state index contributed by atoms with van der Waals surface area (Å²) in [5, 5.41) is 4.02. The van der Waals surface area contributed by atoms with Crippen molar-refractivity contribution in [1.82, 2.24) is 9.97 Å². The van der Waals surface area contributed by atoms with Crippen LogP contribution in [-0.2, 0) is 0 Å². The van der Waals surface area contributed by atoms with Crippen molar-refractivity contribution in [2.45, 2.75) is 5.03 Å². The van der Waals surface area contributed by atoms with Gasteiger partial charge in [-0.15, -0.1) is 11.8 Å². The molecule has 0 saturated carbocycles. The van der Waals surface area contributed by atoms with Crippen LogP contribution in [0.1, 0.15) is 0 Å². The van der Waals surface area contributed by atoms with Gasteiger partial charge in [-0.2, -0.15) is 4.98 Å². The highest BCUT2D eigenvalue weighted by Gasteiger charge is 2.08. The molecule has 1 aromatic rings. The summed E-state index contributed by atoms with van der Waals surface area (Å²) in [6, 6.07) is 0. The number of nitrogen functional groups attached to an aromatic ring is 1. The van der Waals surface area contributed by atoms with Crippen LogP contribution < -0.4 is 11.1 Å². The number of thioether (sulfide) groups is 1. The van der Waals surface area contributed by atoms with E-state index in [1.165, 1.54) is 11.8 Å².